The highest BCUT2D eigenvalue weighted by atomic mass is 32.1. The maximum atomic E-state index is 9.51. The molecule has 21 heavy (non-hydrogen) atoms. The molecule has 0 atom stereocenters. The first-order valence-corrected chi connectivity index (χ1v) is 7.73. The maximum absolute atomic E-state index is 9.51. The predicted molar refractivity (Wildman–Crippen MR) is 86.6 cm³/mol. The van der Waals surface area contributed by atoms with Gasteiger partial charge < -0.3 is 9.67 Å². The molecule has 0 radical (unpaired) electrons. The monoisotopic (exact) mass is 294 g/mol. The topological polar surface area (TPSA) is 38.0 Å². The van der Waals surface area contributed by atoms with Gasteiger partial charge in [-0.05, 0) is 34.5 Å². The largest absolute Gasteiger partial charge is 0.392 e. The van der Waals surface area contributed by atoms with Crippen molar-refractivity contribution in [1.82, 2.24) is 9.55 Å². The molecular formula is C17H14N2OS. The Hall–Kier alpha value is -2.17. The van der Waals surface area contributed by atoms with Crippen LogP contribution in [0.15, 0.2) is 54.2 Å². The van der Waals surface area contributed by atoms with Crippen LogP contribution in [0.25, 0.3) is 21.1 Å². The summed E-state index contributed by atoms with van der Waals surface area (Å²) in [7, 11) is 0. The molecule has 0 aliphatic rings. The summed E-state index contributed by atoms with van der Waals surface area (Å²) in [6.07, 6.45) is 3.80. The van der Waals surface area contributed by atoms with Gasteiger partial charge in [0.1, 0.15) is 5.65 Å². The molecule has 0 spiro atoms. The third-order valence-electron chi connectivity index (χ3n) is 3.79. The number of nitrogens with zero attached hydrogens (tertiary/aromatic N) is 2. The number of aliphatic hydroxyl groups excluding tert-OH is 1. The second-order valence-electron chi connectivity index (χ2n) is 5.07. The van der Waals surface area contributed by atoms with Crippen molar-refractivity contribution in [3.05, 3.63) is 65.3 Å². The smallest absolute Gasteiger partial charge is 0.140 e. The van der Waals surface area contributed by atoms with E-state index in [1.54, 1.807) is 17.5 Å². The number of aliphatic hydroxyl groups is 1. The van der Waals surface area contributed by atoms with Crippen molar-refractivity contribution in [3.63, 3.8) is 0 Å². The van der Waals surface area contributed by atoms with Crippen molar-refractivity contribution in [2.75, 3.05) is 0 Å². The van der Waals surface area contributed by atoms with Gasteiger partial charge in [0.15, 0.2) is 0 Å². The zero-order valence-electron chi connectivity index (χ0n) is 11.4. The van der Waals surface area contributed by atoms with Gasteiger partial charge in [0.2, 0.25) is 0 Å². The van der Waals surface area contributed by atoms with Gasteiger partial charge in [-0.15, -0.1) is 11.3 Å². The minimum Gasteiger partial charge on any atom is -0.392 e. The van der Waals surface area contributed by atoms with Crippen molar-refractivity contribution in [2.24, 2.45) is 0 Å². The van der Waals surface area contributed by atoms with E-state index in [9.17, 15) is 5.11 Å². The number of hydrogen-bond acceptors (Lipinski definition) is 3. The summed E-state index contributed by atoms with van der Waals surface area (Å²) < 4.78 is 3.43. The fraction of sp³-hybridized carbons (Fsp3) is 0.118. The zero-order valence-corrected chi connectivity index (χ0v) is 12.2. The summed E-state index contributed by atoms with van der Waals surface area (Å²) >= 11 is 1.77. The Morgan fingerprint density at radius 3 is 2.81 bits per heavy atom. The molecule has 0 saturated carbocycles. The lowest BCUT2D eigenvalue weighted by Crippen LogP contribution is -1.98. The van der Waals surface area contributed by atoms with E-state index in [4.69, 9.17) is 0 Å². The number of rotatable bonds is 3. The lowest BCUT2D eigenvalue weighted by Gasteiger charge is -2.03. The van der Waals surface area contributed by atoms with Crippen LogP contribution in [0.2, 0.25) is 0 Å². The third kappa shape index (κ3) is 2.04. The molecule has 1 N–H and O–H groups in total. The minimum atomic E-state index is 0.0412. The van der Waals surface area contributed by atoms with Crippen LogP contribution in [-0.2, 0) is 13.2 Å². The first-order valence-electron chi connectivity index (χ1n) is 6.85. The molecule has 4 aromatic rings. The van der Waals surface area contributed by atoms with E-state index in [-0.39, 0.29) is 6.61 Å². The van der Waals surface area contributed by atoms with Crippen LogP contribution in [-0.4, -0.2) is 14.7 Å². The van der Waals surface area contributed by atoms with Crippen molar-refractivity contribution < 1.29 is 5.11 Å². The van der Waals surface area contributed by atoms with Gasteiger partial charge in [-0.25, -0.2) is 4.98 Å². The van der Waals surface area contributed by atoms with Crippen LogP contribution in [0.5, 0.6) is 0 Å². The summed E-state index contributed by atoms with van der Waals surface area (Å²) in [4.78, 5) is 4.47. The Bertz CT molecular complexity index is 923. The molecule has 0 amide bonds. The van der Waals surface area contributed by atoms with Crippen molar-refractivity contribution >= 4 is 32.5 Å². The predicted octanol–water partition coefficient (Wildman–Crippen LogP) is 3.79. The molecular weight excluding hydrogens is 280 g/mol. The summed E-state index contributed by atoms with van der Waals surface area (Å²) in [5.74, 6) is 0. The summed E-state index contributed by atoms with van der Waals surface area (Å²) in [5, 5.41) is 14.0. The van der Waals surface area contributed by atoms with Gasteiger partial charge in [0.05, 0.1) is 13.2 Å². The summed E-state index contributed by atoms with van der Waals surface area (Å²) in [6, 6.07) is 12.4. The van der Waals surface area contributed by atoms with Gasteiger partial charge in [0, 0.05) is 28.0 Å². The molecule has 3 nitrogen and oxygen atoms in total. The van der Waals surface area contributed by atoms with Gasteiger partial charge in [0.25, 0.3) is 0 Å². The Kier molecular flexibility index (Phi) is 2.98. The fourth-order valence-corrected chi connectivity index (χ4v) is 3.73. The Balaban J connectivity index is 1.84. The number of hydrogen-bond donors (Lipinski definition) is 1. The highest BCUT2D eigenvalue weighted by molar-refractivity contribution is 7.17. The molecule has 0 unspecified atom stereocenters. The molecule has 0 aliphatic carbocycles. The van der Waals surface area contributed by atoms with Crippen LogP contribution in [0.3, 0.4) is 0 Å². The van der Waals surface area contributed by atoms with E-state index in [1.807, 2.05) is 18.3 Å². The number of benzene rings is 1. The Morgan fingerprint density at radius 1 is 1.05 bits per heavy atom. The van der Waals surface area contributed by atoms with Gasteiger partial charge in [-0.3, -0.25) is 0 Å². The highest BCUT2D eigenvalue weighted by Gasteiger charge is 2.10. The van der Waals surface area contributed by atoms with Gasteiger partial charge in [-0.1, -0.05) is 18.2 Å². The van der Waals surface area contributed by atoms with Crippen LogP contribution in [0, 0.1) is 0 Å². The van der Waals surface area contributed by atoms with Gasteiger partial charge in [-0.2, -0.15) is 0 Å². The van der Waals surface area contributed by atoms with E-state index < -0.39 is 0 Å². The molecule has 0 aliphatic heterocycles. The normalized spacial score (nSPS) is 11.5. The molecule has 0 fully saturated rings. The van der Waals surface area contributed by atoms with Crippen LogP contribution < -0.4 is 0 Å². The molecule has 4 rings (SSSR count). The van der Waals surface area contributed by atoms with E-state index in [0.717, 1.165) is 23.1 Å². The van der Waals surface area contributed by atoms with Gasteiger partial charge >= 0.3 is 0 Å². The molecule has 0 saturated heterocycles. The highest BCUT2D eigenvalue weighted by Crippen LogP contribution is 2.28. The SMILES string of the molecule is OCc1cn(Cc2csc3ccccc23)c2ncccc12. The number of pyridine rings is 1. The number of aromatic nitrogens is 2. The average Bonchev–Trinajstić information content (AvgIpc) is 3.10. The number of thiophene rings is 1. The standard InChI is InChI=1S/C17H14N2OS/c20-10-12-8-19(17-15(12)5-3-7-18-17)9-13-11-21-16-6-2-1-4-14(13)16/h1-8,11,20H,9-10H2. The first kappa shape index (κ1) is 12.6. The third-order valence-corrected chi connectivity index (χ3v) is 4.80. The van der Waals surface area contributed by atoms with E-state index in [0.29, 0.717) is 0 Å². The summed E-state index contributed by atoms with van der Waals surface area (Å²) in [6.45, 7) is 0.817. The molecule has 1 aromatic carbocycles. The fourth-order valence-electron chi connectivity index (χ4n) is 2.78. The lowest BCUT2D eigenvalue weighted by molar-refractivity contribution is 0.283. The van der Waals surface area contributed by atoms with Crippen LogP contribution >= 0.6 is 11.3 Å². The minimum absolute atomic E-state index is 0.0412. The van der Waals surface area contributed by atoms with E-state index in [2.05, 4.69) is 39.2 Å². The maximum Gasteiger partial charge on any atom is 0.140 e. The Labute approximate surface area is 126 Å². The van der Waals surface area contributed by atoms with E-state index in [1.165, 1.54) is 15.6 Å². The molecule has 3 heterocycles. The lowest BCUT2D eigenvalue weighted by atomic mass is 10.2. The molecule has 104 valence electrons. The first-order chi connectivity index (χ1) is 10.4. The molecule has 0 bridgehead atoms. The number of fused-ring (bicyclic) bond motifs is 2. The molecule has 3 aromatic heterocycles. The second kappa shape index (κ2) is 4.98. The van der Waals surface area contributed by atoms with Crippen molar-refractivity contribution in [3.8, 4) is 0 Å². The summed E-state index contributed by atoms with van der Waals surface area (Å²) in [5.41, 5.74) is 3.15. The van der Waals surface area contributed by atoms with Crippen LogP contribution in [0.1, 0.15) is 11.1 Å². The Morgan fingerprint density at radius 2 is 1.90 bits per heavy atom. The zero-order chi connectivity index (χ0) is 14.2. The second-order valence-corrected chi connectivity index (χ2v) is 5.98. The molecule has 4 heteroatoms. The van der Waals surface area contributed by atoms with Crippen molar-refractivity contribution in [2.45, 2.75) is 13.2 Å². The average molecular weight is 294 g/mol. The van der Waals surface area contributed by atoms with E-state index >= 15 is 0 Å². The quantitative estimate of drug-likeness (QED) is 0.624. The van der Waals surface area contributed by atoms with Crippen molar-refractivity contribution in [1.29, 1.82) is 0 Å². The van der Waals surface area contributed by atoms with Crippen LogP contribution in [0.4, 0.5) is 0 Å².